The van der Waals surface area contributed by atoms with Gasteiger partial charge >= 0.3 is 5.97 Å². The van der Waals surface area contributed by atoms with Gasteiger partial charge in [0.2, 0.25) is 5.91 Å². The Morgan fingerprint density at radius 1 is 1.09 bits per heavy atom. The summed E-state index contributed by atoms with van der Waals surface area (Å²) in [7, 11) is 0. The summed E-state index contributed by atoms with van der Waals surface area (Å²) in [6.45, 7) is -0.306. The van der Waals surface area contributed by atoms with Crippen LogP contribution in [0.3, 0.4) is 0 Å². The Kier molecular flexibility index (Phi) is 6.45. The van der Waals surface area contributed by atoms with Crippen molar-refractivity contribution in [2.45, 2.75) is 41.6 Å². The number of ether oxygens (including phenoxy) is 1. The Hall–Kier alpha value is -3.33. The van der Waals surface area contributed by atoms with Gasteiger partial charge in [-0.2, -0.15) is 0 Å². The molecule has 0 aliphatic carbocycles. The summed E-state index contributed by atoms with van der Waals surface area (Å²) in [6.07, 6.45) is 0.0180. The molecule has 3 N–H and O–H groups in total. The maximum Gasteiger partial charge on any atom is 0.306 e. The van der Waals surface area contributed by atoms with Crippen LogP contribution in [0.15, 0.2) is 59.5 Å². The van der Waals surface area contributed by atoms with E-state index in [9.17, 15) is 19.2 Å². The number of rotatable bonds is 6. The van der Waals surface area contributed by atoms with Crippen LogP contribution in [0.1, 0.15) is 18.4 Å². The highest BCUT2D eigenvalue weighted by atomic mass is 32.2. The largest absolute Gasteiger partial charge is 0.452 e. The predicted octanol–water partition coefficient (Wildman–Crippen LogP) is 1.41. The fourth-order valence-corrected chi connectivity index (χ4v) is 5.27. The minimum absolute atomic E-state index is 0.165. The predicted molar refractivity (Wildman–Crippen MR) is 119 cm³/mol. The van der Waals surface area contributed by atoms with E-state index in [0.29, 0.717) is 12.1 Å². The normalized spacial score (nSPS) is 22.6. The highest BCUT2D eigenvalue weighted by Crippen LogP contribution is 2.39. The number of fused-ring (bicyclic) bond motifs is 1. The number of anilines is 1. The molecule has 32 heavy (non-hydrogen) atoms. The first-order valence-electron chi connectivity index (χ1n) is 10.3. The van der Waals surface area contributed by atoms with Crippen molar-refractivity contribution in [1.29, 1.82) is 0 Å². The number of hydrogen-bond acceptors (Lipinski definition) is 6. The molecule has 8 nitrogen and oxygen atoms in total. The molecule has 3 amide bonds. The minimum atomic E-state index is -0.946. The molecule has 4 rings (SSSR count). The number of nitrogens with two attached hydrogens (primary N) is 1. The zero-order valence-electron chi connectivity index (χ0n) is 17.2. The van der Waals surface area contributed by atoms with Crippen molar-refractivity contribution in [2.24, 2.45) is 5.73 Å². The quantitative estimate of drug-likeness (QED) is 0.639. The first-order chi connectivity index (χ1) is 15.4. The van der Waals surface area contributed by atoms with Crippen molar-refractivity contribution in [3.63, 3.8) is 0 Å². The molecule has 9 heteroatoms. The molecule has 1 saturated heterocycles. The summed E-state index contributed by atoms with van der Waals surface area (Å²) in [4.78, 5) is 51.9. The lowest BCUT2D eigenvalue weighted by Gasteiger charge is -2.28. The van der Waals surface area contributed by atoms with E-state index >= 15 is 0 Å². The Morgan fingerprint density at radius 3 is 2.50 bits per heavy atom. The van der Waals surface area contributed by atoms with Crippen LogP contribution in [-0.4, -0.2) is 47.6 Å². The number of thioether (sulfide) groups is 1. The van der Waals surface area contributed by atoms with Crippen LogP contribution in [0.25, 0.3) is 0 Å². The smallest absolute Gasteiger partial charge is 0.306 e. The summed E-state index contributed by atoms with van der Waals surface area (Å²) >= 11 is 1.46. The standard InChI is InChI=1S/C23H23N3O5S/c24-19(27)13-26-15-8-4-5-9-17(15)32-18(12-14-6-2-1-3-7-14)21(23(26)30)25-22(29)16-10-11-20(28)31-16/h1-9,16,18,21H,10-13H2,(H2,24,27)(H,25,29)/t16-,18?,21?/m0/s1. The van der Waals surface area contributed by atoms with E-state index in [1.165, 1.54) is 16.7 Å². The summed E-state index contributed by atoms with van der Waals surface area (Å²) < 4.78 is 5.08. The average molecular weight is 454 g/mol. The molecule has 2 aliphatic rings. The lowest BCUT2D eigenvalue weighted by Crippen LogP contribution is -2.56. The van der Waals surface area contributed by atoms with Gasteiger partial charge in [-0.15, -0.1) is 11.8 Å². The number of hydrogen-bond donors (Lipinski definition) is 2. The summed E-state index contributed by atoms with van der Waals surface area (Å²) in [5.74, 6) is -2.04. The Balaban J connectivity index is 1.69. The highest BCUT2D eigenvalue weighted by molar-refractivity contribution is 8.00. The fraction of sp³-hybridized carbons (Fsp3) is 0.304. The second-order valence-electron chi connectivity index (χ2n) is 7.71. The van der Waals surface area contributed by atoms with Crippen molar-refractivity contribution in [1.82, 2.24) is 5.32 Å². The third-order valence-corrected chi connectivity index (χ3v) is 6.75. The van der Waals surface area contributed by atoms with Gasteiger partial charge in [0, 0.05) is 23.0 Å². The zero-order chi connectivity index (χ0) is 22.7. The van der Waals surface area contributed by atoms with Crippen LogP contribution in [0.4, 0.5) is 5.69 Å². The number of primary amides is 1. The molecule has 1 fully saturated rings. The van der Waals surface area contributed by atoms with Crippen molar-refractivity contribution in [2.75, 3.05) is 11.4 Å². The third-order valence-electron chi connectivity index (χ3n) is 5.41. The van der Waals surface area contributed by atoms with Crippen molar-refractivity contribution in [3.8, 4) is 0 Å². The molecule has 3 atom stereocenters. The van der Waals surface area contributed by atoms with Crippen LogP contribution < -0.4 is 16.0 Å². The molecular formula is C23H23N3O5S. The number of carbonyl (C=O) groups excluding carboxylic acids is 4. The number of esters is 1. The molecule has 2 heterocycles. The monoisotopic (exact) mass is 453 g/mol. The molecule has 166 valence electrons. The van der Waals surface area contributed by atoms with E-state index in [2.05, 4.69) is 5.32 Å². The van der Waals surface area contributed by atoms with Crippen molar-refractivity contribution >= 4 is 41.1 Å². The molecule has 2 aromatic rings. The fourth-order valence-electron chi connectivity index (χ4n) is 3.89. The number of benzene rings is 2. The van der Waals surface area contributed by atoms with Gasteiger partial charge in [0.05, 0.1) is 5.69 Å². The van der Waals surface area contributed by atoms with Crippen LogP contribution in [0.5, 0.6) is 0 Å². The maximum absolute atomic E-state index is 13.6. The van der Waals surface area contributed by atoms with E-state index in [4.69, 9.17) is 10.5 Å². The van der Waals surface area contributed by atoms with Gasteiger partial charge in [-0.05, 0) is 24.1 Å². The number of amides is 3. The first kappa shape index (κ1) is 21.9. The molecule has 2 aromatic carbocycles. The molecule has 0 saturated carbocycles. The van der Waals surface area contributed by atoms with Gasteiger partial charge in [0.1, 0.15) is 12.6 Å². The second kappa shape index (κ2) is 9.44. The topological polar surface area (TPSA) is 119 Å². The molecular weight excluding hydrogens is 430 g/mol. The SMILES string of the molecule is NC(=O)CN1C(=O)C(NC(=O)[C@@H]2CCC(=O)O2)C(Cc2ccccc2)Sc2ccccc21. The number of cyclic esters (lactones) is 1. The summed E-state index contributed by atoms with van der Waals surface area (Å²) in [6, 6.07) is 16.0. The van der Waals surface area contributed by atoms with Gasteiger partial charge in [-0.3, -0.25) is 19.2 Å². The lowest BCUT2D eigenvalue weighted by molar-refractivity contribution is -0.148. The van der Waals surface area contributed by atoms with Crippen molar-refractivity contribution in [3.05, 3.63) is 60.2 Å². The van der Waals surface area contributed by atoms with Gasteiger partial charge < -0.3 is 20.7 Å². The summed E-state index contributed by atoms with van der Waals surface area (Å²) in [5.41, 5.74) is 7.01. The van der Waals surface area contributed by atoms with E-state index in [0.717, 1.165) is 10.5 Å². The third kappa shape index (κ3) is 4.77. The Bertz CT molecular complexity index is 1040. The van der Waals surface area contributed by atoms with Crippen LogP contribution in [0, 0.1) is 0 Å². The molecule has 2 aliphatic heterocycles. The van der Waals surface area contributed by atoms with E-state index in [1.807, 2.05) is 42.5 Å². The van der Waals surface area contributed by atoms with E-state index < -0.39 is 35.8 Å². The van der Waals surface area contributed by atoms with Crippen LogP contribution >= 0.6 is 11.8 Å². The highest BCUT2D eigenvalue weighted by Gasteiger charge is 2.41. The van der Waals surface area contributed by atoms with Gasteiger partial charge in [0.15, 0.2) is 6.10 Å². The maximum atomic E-state index is 13.6. The van der Waals surface area contributed by atoms with E-state index in [1.54, 1.807) is 12.1 Å². The number of carbonyl (C=O) groups is 4. The molecule has 0 aromatic heterocycles. The lowest BCUT2D eigenvalue weighted by atomic mass is 10.0. The molecule has 0 spiro atoms. The number of nitrogens with one attached hydrogen (secondary N) is 1. The number of nitrogens with zero attached hydrogens (tertiary/aromatic N) is 1. The molecule has 0 bridgehead atoms. The Morgan fingerprint density at radius 2 is 1.81 bits per heavy atom. The van der Waals surface area contributed by atoms with Crippen molar-refractivity contribution < 1.29 is 23.9 Å². The first-order valence-corrected chi connectivity index (χ1v) is 11.2. The molecule has 2 unspecified atom stereocenters. The van der Waals surface area contributed by atoms with Gasteiger partial charge in [-0.1, -0.05) is 42.5 Å². The Labute approximate surface area is 189 Å². The number of para-hydroxylation sites is 1. The minimum Gasteiger partial charge on any atom is -0.452 e. The zero-order valence-corrected chi connectivity index (χ0v) is 18.0. The average Bonchev–Trinajstić information content (AvgIpc) is 3.18. The van der Waals surface area contributed by atoms with Gasteiger partial charge in [0.25, 0.3) is 11.8 Å². The van der Waals surface area contributed by atoms with Crippen LogP contribution in [0.2, 0.25) is 0 Å². The van der Waals surface area contributed by atoms with E-state index in [-0.39, 0.29) is 24.6 Å². The van der Waals surface area contributed by atoms with Crippen LogP contribution in [-0.2, 0) is 30.3 Å². The van der Waals surface area contributed by atoms with Gasteiger partial charge in [-0.25, -0.2) is 0 Å². The summed E-state index contributed by atoms with van der Waals surface area (Å²) in [5, 5.41) is 2.44. The molecule has 0 radical (unpaired) electrons. The second-order valence-corrected chi connectivity index (χ2v) is 8.99.